The molecule has 0 spiro atoms. The second-order valence-electron chi connectivity index (χ2n) is 4.58. The van der Waals surface area contributed by atoms with Crippen LogP contribution < -0.4 is 5.43 Å². The molecule has 0 saturated carbocycles. The number of phenols is 1. The maximum Gasteiger partial charge on any atom is 0.311 e. The van der Waals surface area contributed by atoms with Gasteiger partial charge in [0, 0.05) is 22.2 Å². The SMILES string of the molecule is C/C(=N\NC(=O)c1cccc(Cl)c1)c1cccc([N+](=O)[O-])c1O. The molecule has 0 aromatic heterocycles. The molecule has 7 nitrogen and oxygen atoms in total. The van der Waals surface area contributed by atoms with Crippen molar-refractivity contribution >= 4 is 28.9 Å². The molecule has 2 aromatic rings. The fourth-order valence-corrected chi connectivity index (χ4v) is 2.05. The number of benzene rings is 2. The summed E-state index contributed by atoms with van der Waals surface area (Å²) in [6.07, 6.45) is 0. The summed E-state index contributed by atoms with van der Waals surface area (Å²) in [5, 5.41) is 25.0. The van der Waals surface area contributed by atoms with E-state index in [-0.39, 0.29) is 11.3 Å². The van der Waals surface area contributed by atoms with Crippen molar-refractivity contribution in [3.8, 4) is 5.75 Å². The molecular weight excluding hydrogens is 322 g/mol. The zero-order valence-corrected chi connectivity index (χ0v) is 12.7. The lowest BCUT2D eigenvalue weighted by Gasteiger charge is -2.05. The Balaban J connectivity index is 2.22. The highest BCUT2D eigenvalue weighted by atomic mass is 35.5. The van der Waals surface area contributed by atoms with Crippen molar-refractivity contribution in [2.45, 2.75) is 6.92 Å². The number of carbonyl (C=O) groups is 1. The quantitative estimate of drug-likeness (QED) is 0.509. The number of nitrogens with one attached hydrogen (secondary N) is 1. The normalized spacial score (nSPS) is 11.1. The van der Waals surface area contributed by atoms with Crippen LogP contribution in [-0.2, 0) is 0 Å². The van der Waals surface area contributed by atoms with E-state index in [2.05, 4.69) is 10.5 Å². The van der Waals surface area contributed by atoms with Gasteiger partial charge in [0.2, 0.25) is 5.75 Å². The number of carbonyl (C=O) groups excluding carboxylic acids is 1. The Morgan fingerprint density at radius 2 is 2.00 bits per heavy atom. The lowest BCUT2D eigenvalue weighted by Crippen LogP contribution is -2.19. The topological polar surface area (TPSA) is 105 Å². The van der Waals surface area contributed by atoms with Crippen molar-refractivity contribution in [3.63, 3.8) is 0 Å². The fourth-order valence-electron chi connectivity index (χ4n) is 1.86. The van der Waals surface area contributed by atoms with E-state index < -0.39 is 22.3 Å². The Morgan fingerprint density at radius 1 is 1.30 bits per heavy atom. The van der Waals surface area contributed by atoms with Gasteiger partial charge in [-0.1, -0.05) is 23.7 Å². The number of hydrogen-bond donors (Lipinski definition) is 2. The highest BCUT2D eigenvalue weighted by molar-refractivity contribution is 6.30. The largest absolute Gasteiger partial charge is 0.502 e. The van der Waals surface area contributed by atoms with E-state index in [4.69, 9.17) is 11.6 Å². The molecule has 0 aliphatic carbocycles. The molecule has 0 unspecified atom stereocenters. The number of amides is 1. The van der Waals surface area contributed by atoms with Crippen LogP contribution >= 0.6 is 11.6 Å². The third-order valence-electron chi connectivity index (χ3n) is 3.01. The van der Waals surface area contributed by atoms with Gasteiger partial charge in [-0.2, -0.15) is 5.10 Å². The highest BCUT2D eigenvalue weighted by Gasteiger charge is 2.18. The maximum atomic E-state index is 11.9. The minimum Gasteiger partial charge on any atom is -0.502 e. The molecule has 0 radical (unpaired) electrons. The molecule has 0 heterocycles. The molecule has 23 heavy (non-hydrogen) atoms. The predicted molar refractivity (Wildman–Crippen MR) is 85.9 cm³/mol. The first-order valence-electron chi connectivity index (χ1n) is 6.47. The molecule has 8 heteroatoms. The van der Waals surface area contributed by atoms with Crippen molar-refractivity contribution in [2.75, 3.05) is 0 Å². The molecule has 2 aromatic carbocycles. The molecule has 118 valence electrons. The lowest BCUT2D eigenvalue weighted by atomic mass is 10.1. The van der Waals surface area contributed by atoms with Crippen LogP contribution in [0.5, 0.6) is 5.75 Å². The second-order valence-corrected chi connectivity index (χ2v) is 5.02. The Kier molecular flexibility index (Phi) is 4.92. The van der Waals surface area contributed by atoms with Gasteiger partial charge in [-0.15, -0.1) is 0 Å². The maximum absolute atomic E-state index is 11.9. The number of hydrogen-bond acceptors (Lipinski definition) is 5. The van der Waals surface area contributed by atoms with E-state index in [1.165, 1.54) is 31.2 Å². The first-order chi connectivity index (χ1) is 10.9. The highest BCUT2D eigenvalue weighted by Crippen LogP contribution is 2.29. The molecule has 2 rings (SSSR count). The summed E-state index contributed by atoms with van der Waals surface area (Å²) >= 11 is 5.80. The first kappa shape index (κ1) is 16.4. The predicted octanol–water partition coefficient (Wildman–Crippen LogP) is 3.11. The molecule has 0 saturated heterocycles. The van der Waals surface area contributed by atoms with E-state index in [1.807, 2.05) is 0 Å². The van der Waals surface area contributed by atoms with Crippen molar-refractivity contribution in [2.24, 2.45) is 5.10 Å². The third kappa shape index (κ3) is 3.83. The van der Waals surface area contributed by atoms with Gasteiger partial charge in [0.25, 0.3) is 5.91 Å². The van der Waals surface area contributed by atoms with Gasteiger partial charge in [-0.05, 0) is 31.2 Å². The van der Waals surface area contributed by atoms with Gasteiger partial charge in [-0.3, -0.25) is 14.9 Å². The lowest BCUT2D eigenvalue weighted by molar-refractivity contribution is -0.385. The smallest absolute Gasteiger partial charge is 0.311 e. The number of phenolic OH excluding ortho intramolecular Hbond substituents is 1. The van der Waals surface area contributed by atoms with Crippen LogP contribution in [0.15, 0.2) is 47.6 Å². The number of nitrogens with zero attached hydrogens (tertiary/aromatic N) is 2. The van der Waals surface area contributed by atoms with Crippen LogP contribution in [0.3, 0.4) is 0 Å². The van der Waals surface area contributed by atoms with Crippen molar-refractivity contribution < 1.29 is 14.8 Å². The number of nitro groups is 1. The molecule has 0 aliphatic heterocycles. The number of aromatic hydroxyl groups is 1. The average Bonchev–Trinajstić information content (AvgIpc) is 2.52. The van der Waals surface area contributed by atoms with E-state index in [0.717, 1.165) is 0 Å². The summed E-state index contributed by atoms with van der Waals surface area (Å²) in [7, 11) is 0. The van der Waals surface area contributed by atoms with Crippen LogP contribution in [0.1, 0.15) is 22.8 Å². The second kappa shape index (κ2) is 6.89. The average molecular weight is 334 g/mol. The molecule has 0 bridgehead atoms. The van der Waals surface area contributed by atoms with Gasteiger partial charge >= 0.3 is 5.69 Å². The van der Waals surface area contributed by atoms with Crippen molar-refractivity contribution in [3.05, 3.63) is 68.7 Å². The number of halogens is 1. The zero-order chi connectivity index (χ0) is 17.0. The Morgan fingerprint density at radius 3 is 2.65 bits per heavy atom. The van der Waals surface area contributed by atoms with Crippen molar-refractivity contribution in [1.82, 2.24) is 5.43 Å². The number of rotatable bonds is 4. The molecular formula is C15H12ClN3O4. The molecule has 0 aliphatic rings. The number of nitro benzene ring substituents is 1. The van der Waals surface area contributed by atoms with Gasteiger partial charge in [0.05, 0.1) is 10.6 Å². The first-order valence-corrected chi connectivity index (χ1v) is 6.85. The van der Waals surface area contributed by atoms with Crippen molar-refractivity contribution in [1.29, 1.82) is 0 Å². The van der Waals surface area contributed by atoms with E-state index in [9.17, 15) is 20.0 Å². The van der Waals surface area contributed by atoms with E-state index in [1.54, 1.807) is 18.2 Å². The zero-order valence-electron chi connectivity index (χ0n) is 12.0. The van der Waals surface area contributed by atoms with E-state index in [0.29, 0.717) is 10.6 Å². The Labute approximate surface area is 136 Å². The molecule has 2 N–H and O–H groups in total. The number of para-hydroxylation sites is 1. The minimum atomic E-state index is -0.698. The van der Waals surface area contributed by atoms with Crippen LogP contribution in [-0.4, -0.2) is 21.6 Å². The Bertz CT molecular complexity index is 805. The monoisotopic (exact) mass is 333 g/mol. The standard InChI is InChI=1S/C15H12ClN3O4/c1-9(12-6-3-7-13(14(12)20)19(22)23)17-18-15(21)10-4-2-5-11(16)8-10/h2-8,20H,1H3,(H,18,21)/b17-9+. The Hall–Kier alpha value is -2.93. The van der Waals surface area contributed by atoms with E-state index >= 15 is 0 Å². The van der Waals surface area contributed by atoms with Crippen LogP contribution in [0.2, 0.25) is 5.02 Å². The van der Waals surface area contributed by atoms with Crippen LogP contribution in [0, 0.1) is 10.1 Å². The summed E-state index contributed by atoms with van der Waals surface area (Å²) in [4.78, 5) is 22.1. The summed E-state index contributed by atoms with van der Waals surface area (Å²) in [5.41, 5.74) is 2.58. The summed E-state index contributed by atoms with van der Waals surface area (Å²) in [6, 6.07) is 10.4. The van der Waals surface area contributed by atoms with Crippen LogP contribution in [0.4, 0.5) is 5.69 Å². The number of hydrazone groups is 1. The fraction of sp³-hybridized carbons (Fsp3) is 0.0667. The molecule has 0 atom stereocenters. The molecule has 1 amide bonds. The minimum absolute atomic E-state index is 0.158. The van der Waals surface area contributed by atoms with Crippen LogP contribution in [0.25, 0.3) is 0 Å². The summed E-state index contributed by atoms with van der Waals surface area (Å²) in [6.45, 7) is 1.51. The van der Waals surface area contributed by atoms with Gasteiger partial charge in [0.15, 0.2) is 0 Å². The summed E-state index contributed by atoms with van der Waals surface area (Å²) in [5.74, 6) is -0.993. The van der Waals surface area contributed by atoms with Gasteiger partial charge in [0.1, 0.15) is 0 Å². The summed E-state index contributed by atoms with van der Waals surface area (Å²) < 4.78 is 0. The molecule has 0 fully saturated rings. The van der Waals surface area contributed by atoms with Gasteiger partial charge < -0.3 is 5.11 Å². The van der Waals surface area contributed by atoms with Gasteiger partial charge in [-0.25, -0.2) is 5.43 Å². The third-order valence-corrected chi connectivity index (χ3v) is 3.25.